The Morgan fingerprint density at radius 1 is 1.33 bits per heavy atom. The lowest BCUT2D eigenvalue weighted by atomic mass is 10.1. The summed E-state index contributed by atoms with van der Waals surface area (Å²) in [7, 11) is 0. The van der Waals surface area contributed by atoms with Crippen LogP contribution in [-0.2, 0) is 6.42 Å². The molecule has 0 fully saturated rings. The molecule has 1 heterocycles. The normalized spacial score (nSPS) is 9.33. The van der Waals surface area contributed by atoms with E-state index in [2.05, 4.69) is 23.2 Å². The second-order valence-corrected chi connectivity index (χ2v) is 5.06. The zero-order valence-corrected chi connectivity index (χ0v) is 11.9. The number of nitrogens with zero attached hydrogens (tertiary/aromatic N) is 1. The van der Waals surface area contributed by atoms with Gasteiger partial charge in [-0.25, -0.2) is 0 Å². The number of aliphatic hydroxyl groups is 1. The third kappa shape index (κ3) is 4.19. The molecule has 0 spiro atoms. The van der Waals surface area contributed by atoms with Crippen LogP contribution in [0.2, 0.25) is 0 Å². The number of hydrogen-bond acceptors (Lipinski definition) is 4. The van der Waals surface area contributed by atoms with Crippen LogP contribution in [0.5, 0.6) is 0 Å². The van der Waals surface area contributed by atoms with Crippen LogP contribution in [-0.4, -0.2) is 17.6 Å². The highest BCUT2D eigenvalue weighted by molar-refractivity contribution is 7.10. The summed E-state index contributed by atoms with van der Waals surface area (Å²) in [5.74, 6) is 5.09. The van der Waals surface area contributed by atoms with E-state index in [4.69, 9.17) is 10.4 Å². The largest absolute Gasteiger partial charge is 0.384 e. The fraction of sp³-hybridized carbons (Fsp3) is 0.125. The van der Waals surface area contributed by atoms with Gasteiger partial charge in [0.15, 0.2) is 0 Å². The summed E-state index contributed by atoms with van der Waals surface area (Å²) in [4.78, 5) is 12.8. The van der Waals surface area contributed by atoms with Gasteiger partial charge >= 0.3 is 0 Å². The quantitative estimate of drug-likeness (QED) is 0.854. The van der Waals surface area contributed by atoms with Gasteiger partial charge in [-0.1, -0.05) is 24.0 Å². The molecule has 1 amide bonds. The Hall–Kier alpha value is -2.60. The van der Waals surface area contributed by atoms with Crippen molar-refractivity contribution in [3.8, 4) is 17.9 Å². The van der Waals surface area contributed by atoms with Gasteiger partial charge in [0, 0.05) is 11.1 Å². The number of aliphatic hydroxyl groups excluding tert-OH is 1. The molecule has 0 radical (unpaired) electrons. The van der Waals surface area contributed by atoms with E-state index in [0.717, 1.165) is 10.4 Å². The van der Waals surface area contributed by atoms with Gasteiger partial charge in [-0.2, -0.15) is 5.26 Å². The fourth-order valence-corrected chi connectivity index (χ4v) is 2.40. The molecule has 5 heteroatoms. The fourth-order valence-electron chi connectivity index (χ4n) is 1.65. The molecule has 0 aliphatic heterocycles. The van der Waals surface area contributed by atoms with Crippen molar-refractivity contribution in [3.05, 3.63) is 51.7 Å². The second kappa shape index (κ2) is 7.25. The third-order valence-electron chi connectivity index (χ3n) is 2.65. The summed E-state index contributed by atoms with van der Waals surface area (Å²) in [5.41, 5.74) is 2.12. The molecule has 1 aromatic heterocycles. The molecule has 0 saturated carbocycles. The van der Waals surface area contributed by atoms with Crippen molar-refractivity contribution in [1.82, 2.24) is 0 Å². The average Bonchev–Trinajstić information content (AvgIpc) is 2.96. The van der Waals surface area contributed by atoms with Crippen molar-refractivity contribution in [1.29, 1.82) is 5.26 Å². The number of amides is 1. The van der Waals surface area contributed by atoms with Crippen molar-refractivity contribution >= 4 is 22.9 Å². The molecular formula is C16H12N2O2S. The van der Waals surface area contributed by atoms with Crippen LogP contribution in [0.1, 0.15) is 20.8 Å². The summed E-state index contributed by atoms with van der Waals surface area (Å²) in [6.45, 7) is -0.200. The number of benzene rings is 1. The summed E-state index contributed by atoms with van der Waals surface area (Å²) in [5, 5.41) is 21.7. The molecule has 1 aromatic carbocycles. The maximum atomic E-state index is 12.1. The number of hydrogen-bond donors (Lipinski definition) is 2. The Morgan fingerprint density at radius 2 is 2.10 bits per heavy atom. The Labute approximate surface area is 126 Å². The van der Waals surface area contributed by atoms with Gasteiger partial charge in [0.1, 0.15) is 6.61 Å². The third-order valence-corrected chi connectivity index (χ3v) is 3.49. The first-order chi connectivity index (χ1) is 10.2. The average molecular weight is 296 g/mol. The first-order valence-electron chi connectivity index (χ1n) is 6.18. The van der Waals surface area contributed by atoms with E-state index >= 15 is 0 Å². The Kier molecular flexibility index (Phi) is 5.11. The highest BCUT2D eigenvalue weighted by Crippen LogP contribution is 2.16. The van der Waals surface area contributed by atoms with Gasteiger partial charge in [0.25, 0.3) is 5.91 Å². The van der Waals surface area contributed by atoms with Crippen LogP contribution in [0.15, 0.2) is 35.7 Å². The van der Waals surface area contributed by atoms with Gasteiger partial charge < -0.3 is 10.4 Å². The molecule has 0 unspecified atom stereocenters. The van der Waals surface area contributed by atoms with Crippen LogP contribution < -0.4 is 5.32 Å². The SMILES string of the molecule is N#CCc1ccc(NC(=O)c2csc(C#CCO)c2)cc1. The lowest BCUT2D eigenvalue weighted by Gasteiger charge is -2.04. The summed E-state index contributed by atoms with van der Waals surface area (Å²) in [6, 6.07) is 10.9. The Morgan fingerprint density at radius 3 is 2.76 bits per heavy atom. The molecule has 21 heavy (non-hydrogen) atoms. The Balaban J connectivity index is 2.04. The van der Waals surface area contributed by atoms with E-state index in [1.807, 2.05) is 12.1 Å². The predicted octanol–water partition coefficient (Wildman–Crippen LogP) is 2.41. The predicted molar refractivity (Wildman–Crippen MR) is 82.0 cm³/mol. The van der Waals surface area contributed by atoms with E-state index in [1.54, 1.807) is 23.6 Å². The minimum absolute atomic E-state index is 0.200. The van der Waals surface area contributed by atoms with Gasteiger partial charge in [0.2, 0.25) is 0 Å². The number of thiophene rings is 1. The highest BCUT2D eigenvalue weighted by atomic mass is 32.1. The van der Waals surface area contributed by atoms with Crippen LogP contribution >= 0.6 is 11.3 Å². The van der Waals surface area contributed by atoms with E-state index < -0.39 is 0 Å². The van der Waals surface area contributed by atoms with E-state index in [1.165, 1.54) is 11.3 Å². The van der Waals surface area contributed by atoms with E-state index in [0.29, 0.717) is 17.7 Å². The molecule has 0 atom stereocenters. The van der Waals surface area contributed by atoms with E-state index in [9.17, 15) is 4.79 Å². The standard InChI is InChI=1S/C16H12N2O2S/c17-8-7-12-3-5-14(6-4-12)18-16(20)13-10-15(21-11-13)2-1-9-19/h3-6,10-11,19H,7,9H2,(H,18,20). The number of carbonyl (C=O) groups is 1. The smallest absolute Gasteiger partial charge is 0.256 e. The van der Waals surface area contributed by atoms with E-state index in [-0.39, 0.29) is 12.5 Å². The van der Waals surface area contributed by atoms with Gasteiger partial charge in [-0.3, -0.25) is 4.79 Å². The van der Waals surface area contributed by atoms with Crippen LogP contribution in [0.25, 0.3) is 0 Å². The number of nitriles is 1. The first kappa shape index (κ1) is 14.8. The first-order valence-corrected chi connectivity index (χ1v) is 7.06. The molecule has 2 aromatic rings. The van der Waals surface area contributed by atoms with Crippen LogP contribution in [0.3, 0.4) is 0 Å². The van der Waals surface area contributed by atoms with Crippen molar-refractivity contribution < 1.29 is 9.90 Å². The monoisotopic (exact) mass is 296 g/mol. The zero-order valence-electron chi connectivity index (χ0n) is 11.1. The molecule has 0 aliphatic rings. The highest BCUT2D eigenvalue weighted by Gasteiger charge is 2.08. The number of nitrogens with one attached hydrogen (secondary N) is 1. The molecule has 0 aliphatic carbocycles. The van der Waals surface area contributed by atoms with Crippen LogP contribution in [0, 0.1) is 23.2 Å². The lowest BCUT2D eigenvalue weighted by Crippen LogP contribution is -2.10. The lowest BCUT2D eigenvalue weighted by molar-refractivity contribution is 0.102. The number of carbonyl (C=O) groups excluding carboxylic acids is 1. The molecule has 4 nitrogen and oxygen atoms in total. The summed E-state index contributed by atoms with van der Waals surface area (Å²) in [6.07, 6.45) is 0.353. The minimum atomic E-state index is -0.212. The molecule has 2 rings (SSSR count). The summed E-state index contributed by atoms with van der Waals surface area (Å²) < 4.78 is 0. The maximum absolute atomic E-state index is 12.1. The second-order valence-electron chi connectivity index (χ2n) is 4.15. The topological polar surface area (TPSA) is 73.1 Å². The number of rotatable bonds is 3. The van der Waals surface area contributed by atoms with Gasteiger partial charge in [-0.15, -0.1) is 11.3 Å². The molecule has 0 saturated heterocycles. The zero-order chi connectivity index (χ0) is 15.1. The molecular weight excluding hydrogens is 284 g/mol. The molecule has 0 bridgehead atoms. The number of anilines is 1. The Bertz CT molecular complexity index is 730. The van der Waals surface area contributed by atoms with Crippen molar-refractivity contribution in [2.45, 2.75) is 6.42 Å². The van der Waals surface area contributed by atoms with Crippen molar-refractivity contribution in [2.24, 2.45) is 0 Å². The van der Waals surface area contributed by atoms with Gasteiger partial charge in [0.05, 0.1) is 22.9 Å². The van der Waals surface area contributed by atoms with Crippen LogP contribution in [0.4, 0.5) is 5.69 Å². The van der Waals surface area contributed by atoms with Gasteiger partial charge in [-0.05, 0) is 23.8 Å². The minimum Gasteiger partial charge on any atom is -0.384 e. The maximum Gasteiger partial charge on any atom is 0.256 e. The molecule has 2 N–H and O–H groups in total. The summed E-state index contributed by atoms with van der Waals surface area (Å²) >= 11 is 1.36. The van der Waals surface area contributed by atoms with Crippen molar-refractivity contribution in [2.75, 3.05) is 11.9 Å². The molecule has 104 valence electrons. The van der Waals surface area contributed by atoms with Crippen molar-refractivity contribution in [3.63, 3.8) is 0 Å².